The number of hydrogen-bond donors (Lipinski definition) is 1. The van der Waals surface area contributed by atoms with Gasteiger partial charge in [0.05, 0.1) is 11.0 Å². The minimum atomic E-state index is -0.403. The summed E-state index contributed by atoms with van der Waals surface area (Å²) in [6, 6.07) is 10.9. The Hall–Kier alpha value is -4.14. The standard InChI is InChI=1S/C23H21FN8/c1-23(2,3)32-19-8-7-14(15-10-27-22(25)28-11-15)9-18(19)30-21(32)16-5-4-6-17(24)20(16)31-13-26-12-29-31/h4-13H,1-3H3,(H2,25,27,28). The van der Waals surface area contributed by atoms with Crippen molar-refractivity contribution in [2.45, 2.75) is 26.3 Å². The summed E-state index contributed by atoms with van der Waals surface area (Å²) in [5.74, 6) is 0.462. The van der Waals surface area contributed by atoms with Crippen LogP contribution >= 0.6 is 0 Å². The molecule has 0 bridgehead atoms. The summed E-state index contributed by atoms with van der Waals surface area (Å²) >= 11 is 0. The highest BCUT2D eigenvalue weighted by Gasteiger charge is 2.26. The lowest BCUT2D eigenvalue weighted by Crippen LogP contribution is -2.23. The summed E-state index contributed by atoms with van der Waals surface area (Å²) in [5, 5.41) is 4.14. The molecule has 5 rings (SSSR count). The van der Waals surface area contributed by atoms with Gasteiger partial charge in [0, 0.05) is 29.1 Å². The van der Waals surface area contributed by atoms with Crippen LogP contribution in [0.1, 0.15) is 20.8 Å². The van der Waals surface area contributed by atoms with Gasteiger partial charge in [0.25, 0.3) is 0 Å². The zero-order valence-electron chi connectivity index (χ0n) is 17.9. The van der Waals surface area contributed by atoms with Crippen LogP contribution in [0.5, 0.6) is 0 Å². The van der Waals surface area contributed by atoms with Gasteiger partial charge in [-0.1, -0.05) is 12.1 Å². The van der Waals surface area contributed by atoms with Gasteiger partial charge >= 0.3 is 0 Å². The summed E-state index contributed by atoms with van der Waals surface area (Å²) < 4.78 is 18.5. The minimum Gasteiger partial charge on any atom is -0.368 e. The topological polar surface area (TPSA) is 100 Å². The first-order valence-electron chi connectivity index (χ1n) is 10.1. The van der Waals surface area contributed by atoms with Crippen molar-refractivity contribution in [1.82, 2.24) is 34.3 Å². The number of rotatable bonds is 3. The van der Waals surface area contributed by atoms with Crippen LogP contribution in [0.25, 0.3) is 39.2 Å². The van der Waals surface area contributed by atoms with E-state index in [4.69, 9.17) is 10.7 Å². The predicted molar refractivity (Wildman–Crippen MR) is 120 cm³/mol. The number of para-hydroxylation sites is 1. The van der Waals surface area contributed by atoms with Crippen LogP contribution in [0.4, 0.5) is 10.3 Å². The fourth-order valence-electron chi connectivity index (χ4n) is 3.86. The molecule has 9 heteroatoms. The van der Waals surface area contributed by atoms with E-state index >= 15 is 0 Å². The lowest BCUT2D eigenvalue weighted by atomic mass is 10.0. The summed E-state index contributed by atoms with van der Waals surface area (Å²) in [6.45, 7) is 6.27. The smallest absolute Gasteiger partial charge is 0.219 e. The maximum absolute atomic E-state index is 15.0. The van der Waals surface area contributed by atoms with Gasteiger partial charge < -0.3 is 10.3 Å². The lowest BCUT2D eigenvalue weighted by molar-refractivity contribution is 0.413. The Morgan fingerprint density at radius 2 is 1.78 bits per heavy atom. The second kappa shape index (κ2) is 7.23. The van der Waals surface area contributed by atoms with E-state index in [1.54, 1.807) is 18.5 Å². The average Bonchev–Trinajstić information content (AvgIpc) is 3.41. The van der Waals surface area contributed by atoms with E-state index < -0.39 is 5.82 Å². The van der Waals surface area contributed by atoms with Crippen LogP contribution in [0, 0.1) is 5.82 Å². The van der Waals surface area contributed by atoms with Gasteiger partial charge in [-0.15, -0.1) is 0 Å². The molecule has 0 amide bonds. The number of aromatic nitrogens is 7. The van der Waals surface area contributed by atoms with E-state index in [9.17, 15) is 4.39 Å². The maximum Gasteiger partial charge on any atom is 0.219 e. The maximum atomic E-state index is 15.0. The monoisotopic (exact) mass is 428 g/mol. The van der Waals surface area contributed by atoms with Gasteiger partial charge in [0.1, 0.15) is 30.0 Å². The molecule has 3 heterocycles. The molecule has 8 nitrogen and oxygen atoms in total. The van der Waals surface area contributed by atoms with Crippen molar-refractivity contribution in [3.63, 3.8) is 0 Å². The van der Waals surface area contributed by atoms with Gasteiger partial charge in [-0.3, -0.25) is 0 Å². The molecule has 0 aliphatic heterocycles. The highest BCUT2D eigenvalue weighted by Crippen LogP contribution is 2.36. The molecule has 0 aliphatic carbocycles. The molecule has 0 saturated carbocycles. The molecule has 0 atom stereocenters. The molecular formula is C23H21FN8. The molecule has 0 unspecified atom stereocenters. The van der Waals surface area contributed by atoms with Gasteiger partial charge in [-0.05, 0) is 50.6 Å². The van der Waals surface area contributed by atoms with Gasteiger partial charge in [0.15, 0.2) is 0 Å². The number of hydrogen-bond acceptors (Lipinski definition) is 6. The molecule has 2 N–H and O–H groups in total. The van der Waals surface area contributed by atoms with Crippen molar-refractivity contribution in [3.05, 3.63) is 67.3 Å². The fraction of sp³-hybridized carbons (Fsp3) is 0.174. The summed E-state index contributed by atoms with van der Waals surface area (Å²) in [7, 11) is 0. The molecular weight excluding hydrogens is 407 g/mol. The molecule has 0 saturated heterocycles. The Labute approximate surface area is 183 Å². The molecule has 3 aromatic heterocycles. The first-order chi connectivity index (χ1) is 15.3. The highest BCUT2D eigenvalue weighted by molar-refractivity contribution is 5.87. The van der Waals surface area contributed by atoms with E-state index in [1.165, 1.54) is 23.4 Å². The lowest BCUT2D eigenvalue weighted by Gasteiger charge is -2.25. The van der Waals surface area contributed by atoms with Crippen LogP contribution in [0.15, 0.2) is 61.4 Å². The Balaban J connectivity index is 1.77. The zero-order chi connectivity index (χ0) is 22.5. The summed E-state index contributed by atoms with van der Waals surface area (Å²) in [4.78, 5) is 17.1. The van der Waals surface area contributed by atoms with Gasteiger partial charge in [-0.25, -0.2) is 29.0 Å². The number of anilines is 1. The first kappa shape index (κ1) is 19.8. The number of fused-ring (bicyclic) bond motifs is 1. The Kier molecular flexibility index (Phi) is 4.47. The van der Waals surface area contributed by atoms with E-state index in [0.29, 0.717) is 17.1 Å². The number of nitrogens with zero attached hydrogens (tertiary/aromatic N) is 7. The normalized spacial score (nSPS) is 11.9. The fourth-order valence-corrected chi connectivity index (χ4v) is 3.86. The molecule has 0 radical (unpaired) electrons. The van der Waals surface area contributed by atoms with Crippen LogP contribution in [0.2, 0.25) is 0 Å². The van der Waals surface area contributed by atoms with Crippen molar-refractivity contribution in [2.24, 2.45) is 0 Å². The van der Waals surface area contributed by atoms with Crippen LogP contribution < -0.4 is 5.73 Å². The summed E-state index contributed by atoms with van der Waals surface area (Å²) in [5.41, 5.74) is 9.69. The van der Waals surface area contributed by atoms with Gasteiger partial charge in [0.2, 0.25) is 5.95 Å². The number of benzene rings is 2. The molecule has 2 aromatic carbocycles. The van der Waals surface area contributed by atoms with Crippen LogP contribution in [-0.4, -0.2) is 34.3 Å². The molecule has 0 aliphatic rings. The number of imidazole rings is 1. The van der Waals surface area contributed by atoms with E-state index in [-0.39, 0.29) is 11.5 Å². The molecule has 0 fully saturated rings. The van der Waals surface area contributed by atoms with E-state index in [1.807, 2.05) is 24.3 Å². The van der Waals surface area contributed by atoms with Crippen molar-refractivity contribution in [2.75, 3.05) is 5.73 Å². The van der Waals surface area contributed by atoms with Crippen molar-refractivity contribution in [3.8, 4) is 28.2 Å². The number of halogens is 1. The SMILES string of the molecule is CC(C)(C)n1c(-c2cccc(F)c2-n2cncn2)nc2cc(-c3cnc(N)nc3)ccc21. The molecule has 160 valence electrons. The number of nitrogen functional groups attached to an aromatic ring is 1. The largest absolute Gasteiger partial charge is 0.368 e. The first-order valence-corrected chi connectivity index (χ1v) is 10.1. The van der Waals surface area contributed by atoms with Gasteiger partial charge in [-0.2, -0.15) is 5.10 Å². The van der Waals surface area contributed by atoms with Crippen LogP contribution in [-0.2, 0) is 5.54 Å². The highest BCUT2D eigenvalue weighted by atomic mass is 19.1. The molecule has 5 aromatic rings. The van der Waals surface area contributed by atoms with Crippen LogP contribution in [0.3, 0.4) is 0 Å². The van der Waals surface area contributed by atoms with Crippen molar-refractivity contribution in [1.29, 1.82) is 0 Å². The third kappa shape index (κ3) is 3.27. The van der Waals surface area contributed by atoms with E-state index in [2.05, 4.69) is 45.4 Å². The average molecular weight is 428 g/mol. The second-order valence-electron chi connectivity index (χ2n) is 8.45. The number of nitrogens with two attached hydrogens (primary N) is 1. The second-order valence-corrected chi connectivity index (χ2v) is 8.45. The minimum absolute atomic E-state index is 0.223. The quantitative estimate of drug-likeness (QED) is 0.462. The van der Waals surface area contributed by atoms with Crippen molar-refractivity contribution >= 4 is 17.0 Å². The Bertz CT molecular complexity index is 1410. The van der Waals surface area contributed by atoms with Crippen molar-refractivity contribution < 1.29 is 4.39 Å². The Morgan fingerprint density at radius 1 is 1.00 bits per heavy atom. The molecule has 32 heavy (non-hydrogen) atoms. The Morgan fingerprint density at radius 3 is 2.47 bits per heavy atom. The summed E-state index contributed by atoms with van der Waals surface area (Å²) in [6.07, 6.45) is 6.22. The zero-order valence-corrected chi connectivity index (χ0v) is 17.9. The van der Waals surface area contributed by atoms with E-state index in [0.717, 1.165) is 22.2 Å². The third-order valence-corrected chi connectivity index (χ3v) is 5.21. The third-order valence-electron chi connectivity index (χ3n) is 5.21. The molecule has 0 spiro atoms. The predicted octanol–water partition coefficient (Wildman–Crippen LogP) is 4.22.